The van der Waals surface area contributed by atoms with Crippen molar-refractivity contribution in [3.8, 4) is 11.5 Å². The van der Waals surface area contributed by atoms with Gasteiger partial charge < -0.3 is 14.9 Å². The number of benzene rings is 2. The lowest BCUT2D eigenvalue weighted by molar-refractivity contribution is 0.284. The van der Waals surface area contributed by atoms with Crippen LogP contribution in [-0.4, -0.2) is 22.0 Å². The Hall–Kier alpha value is -2.68. The molecule has 4 rings (SSSR count). The average molecular weight is 473 g/mol. The van der Waals surface area contributed by atoms with Crippen LogP contribution in [0.5, 0.6) is 11.5 Å². The monoisotopic (exact) mass is 472 g/mol. The van der Waals surface area contributed by atoms with Gasteiger partial charge in [-0.2, -0.15) is 0 Å². The van der Waals surface area contributed by atoms with Gasteiger partial charge in [-0.25, -0.2) is 4.68 Å². The van der Waals surface area contributed by atoms with Crippen molar-refractivity contribution in [1.82, 2.24) is 14.9 Å². The first-order chi connectivity index (χ1) is 15.2. The molecule has 4 aromatic rings. The predicted molar refractivity (Wildman–Crippen MR) is 126 cm³/mol. The second-order valence-electron chi connectivity index (χ2n) is 6.55. The standard InChI is InChI=1S/C22H21ClN4O2S2/c1-28-20-6-2-4-17(21(20)29-13-19-5-3-11-30-19)12-25-27-15-24-26-22(27)31-14-16-7-9-18(23)10-8-16/h2-11,15,25H,12-14H2,1H3. The second-order valence-corrected chi connectivity index (χ2v) is 8.96. The molecule has 0 saturated carbocycles. The number of aromatic nitrogens is 3. The maximum absolute atomic E-state index is 6.11. The summed E-state index contributed by atoms with van der Waals surface area (Å²) in [5.74, 6) is 2.21. The lowest BCUT2D eigenvalue weighted by atomic mass is 10.2. The fourth-order valence-electron chi connectivity index (χ4n) is 2.89. The summed E-state index contributed by atoms with van der Waals surface area (Å²) in [6.45, 7) is 1.03. The van der Waals surface area contributed by atoms with Gasteiger partial charge in [0, 0.05) is 21.2 Å². The number of halogens is 1. The van der Waals surface area contributed by atoms with E-state index in [1.165, 1.54) is 5.56 Å². The van der Waals surface area contributed by atoms with Gasteiger partial charge in [0.25, 0.3) is 0 Å². The first-order valence-electron chi connectivity index (χ1n) is 9.55. The molecular formula is C22H21ClN4O2S2. The Morgan fingerprint density at radius 3 is 2.77 bits per heavy atom. The molecule has 0 aliphatic carbocycles. The molecule has 2 heterocycles. The van der Waals surface area contributed by atoms with E-state index in [2.05, 4.69) is 21.7 Å². The molecule has 0 bridgehead atoms. The highest BCUT2D eigenvalue weighted by atomic mass is 35.5. The molecule has 0 amide bonds. The fraction of sp³-hybridized carbons (Fsp3) is 0.182. The molecule has 160 valence electrons. The quantitative estimate of drug-likeness (QED) is 0.302. The van der Waals surface area contributed by atoms with Gasteiger partial charge in [0.05, 0.1) is 13.7 Å². The van der Waals surface area contributed by atoms with Gasteiger partial charge in [0.2, 0.25) is 5.16 Å². The van der Waals surface area contributed by atoms with E-state index in [9.17, 15) is 0 Å². The molecule has 0 radical (unpaired) electrons. The molecule has 2 aromatic carbocycles. The van der Waals surface area contributed by atoms with Crippen molar-refractivity contribution in [2.45, 2.75) is 24.1 Å². The molecule has 1 N–H and O–H groups in total. The van der Waals surface area contributed by atoms with E-state index in [0.29, 0.717) is 18.9 Å². The number of hydrogen-bond acceptors (Lipinski definition) is 7. The zero-order valence-corrected chi connectivity index (χ0v) is 19.2. The average Bonchev–Trinajstić information content (AvgIpc) is 3.48. The van der Waals surface area contributed by atoms with Crippen LogP contribution in [0.2, 0.25) is 5.02 Å². The van der Waals surface area contributed by atoms with E-state index in [0.717, 1.165) is 32.1 Å². The number of hydrogen-bond donors (Lipinski definition) is 1. The van der Waals surface area contributed by atoms with E-state index < -0.39 is 0 Å². The van der Waals surface area contributed by atoms with Gasteiger partial charge in [0.15, 0.2) is 11.5 Å². The van der Waals surface area contributed by atoms with Crippen molar-refractivity contribution in [2.24, 2.45) is 0 Å². The number of rotatable bonds is 10. The third-order valence-corrected chi connectivity index (χ3v) is 6.57. The molecule has 6 nitrogen and oxygen atoms in total. The van der Waals surface area contributed by atoms with Crippen LogP contribution >= 0.6 is 34.7 Å². The smallest absolute Gasteiger partial charge is 0.210 e. The van der Waals surface area contributed by atoms with E-state index >= 15 is 0 Å². The van der Waals surface area contributed by atoms with E-state index in [4.69, 9.17) is 21.1 Å². The van der Waals surface area contributed by atoms with Gasteiger partial charge in [-0.15, -0.1) is 21.5 Å². The minimum atomic E-state index is 0.500. The molecule has 0 unspecified atom stereocenters. The maximum atomic E-state index is 6.11. The zero-order valence-electron chi connectivity index (χ0n) is 16.8. The third kappa shape index (κ3) is 5.72. The van der Waals surface area contributed by atoms with E-state index in [1.54, 1.807) is 36.5 Å². The molecule has 2 aromatic heterocycles. The summed E-state index contributed by atoms with van der Waals surface area (Å²) >= 11 is 9.22. The van der Waals surface area contributed by atoms with Crippen LogP contribution in [-0.2, 0) is 18.9 Å². The Balaban J connectivity index is 1.42. The lowest BCUT2D eigenvalue weighted by Gasteiger charge is -2.16. The Morgan fingerprint density at radius 2 is 2.00 bits per heavy atom. The summed E-state index contributed by atoms with van der Waals surface area (Å²) in [7, 11) is 1.65. The van der Waals surface area contributed by atoms with Gasteiger partial charge in [0.1, 0.15) is 12.9 Å². The number of thioether (sulfide) groups is 1. The molecule has 0 aliphatic heterocycles. The van der Waals surface area contributed by atoms with Gasteiger partial charge in [-0.1, -0.05) is 53.7 Å². The summed E-state index contributed by atoms with van der Waals surface area (Å²) in [5, 5.41) is 11.8. The van der Waals surface area contributed by atoms with Crippen LogP contribution < -0.4 is 14.9 Å². The Morgan fingerprint density at radius 1 is 1.13 bits per heavy atom. The highest BCUT2D eigenvalue weighted by Crippen LogP contribution is 2.32. The van der Waals surface area contributed by atoms with Crippen molar-refractivity contribution >= 4 is 34.7 Å². The van der Waals surface area contributed by atoms with Crippen molar-refractivity contribution < 1.29 is 9.47 Å². The van der Waals surface area contributed by atoms with Crippen LogP contribution in [0.4, 0.5) is 0 Å². The number of ether oxygens (including phenoxy) is 2. The normalized spacial score (nSPS) is 10.8. The molecule has 0 aliphatic rings. The van der Waals surface area contributed by atoms with Gasteiger partial charge >= 0.3 is 0 Å². The van der Waals surface area contributed by atoms with Crippen LogP contribution in [0.25, 0.3) is 0 Å². The van der Waals surface area contributed by atoms with Gasteiger partial charge in [-0.05, 0) is 35.2 Å². The third-order valence-electron chi connectivity index (χ3n) is 4.46. The van der Waals surface area contributed by atoms with E-state index in [1.807, 2.05) is 58.6 Å². The molecule has 0 fully saturated rings. The summed E-state index contributed by atoms with van der Waals surface area (Å²) in [6, 6.07) is 17.7. The van der Waals surface area contributed by atoms with Crippen LogP contribution in [0.3, 0.4) is 0 Å². The first kappa shape index (κ1) is 21.5. The summed E-state index contributed by atoms with van der Waals surface area (Å²) < 4.78 is 13.4. The Kier molecular flexibility index (Phi) is 7.35. The summed E-state index contributed by atoms with van der Waals surface area (Å²) in [4.78, 5) is 1.16. The van der Waals surface area contributed by atoms with Crippen LogP contribution in [0.15, 0.2) is 71.5 Å². The molecular weight excluding hydrogens is 452 g/mol. The zero-order chi connectivity index (χ0) is 21.5. The van der Waals surface area contributed by atoms with Gasteiger partial charge in [-0.3, -0.25) is 0 Å². The van der Waals surface area contributed by atoms with Crippen molar-refractivity contribution in [3.05, 3.63) is 87.3 Å². The van der Waals surface area contributed by atoms with Crippen LogP contribution in [0.1, 0.15) is 16.0 Å². The molecule has 31 heavy (non-hydrogen) atoms. The minimum absolute atomic E-state index is 0.500. The first-order valence-corrected chi connectivity index (χ1v) is 11.8. The number of nitrogens with zero attached hydrogens (tertiary/aromatic N) is 3. The Bertz CT molecular complexity index is 1100. The second kappa shape index (κ2) is 10.6. The highest BCUT2D eigenvalue weighted by Gasteiger charge is 2.13. The molecule has 0 atom stereocenters. The Labute approximate surface area is 194 Å². The summed E-state index contributed by atoms with van der Waals surface area (Å²) in [5.41, 5.74) is 5.51. The minimum Gasteiger partial charge on any atom is -0.493 e. The molecule has 9 heteroatoms. The van der Waals surface area contributed by atoms with Crippen molar-refractivity contribution in [1.29, 1.82) is 0 Å². The highest BCUT2D eigenvalue weighted by molar-refractivity contribution is 7.98. The largest absolute Gasteiger partial charge is 0.493 e. The fourth-order valence-corrected chi connectivity index (χ4v) is 4.48. The van der Waals surface area contributed by atoms with Crippen LogP contribution in [0, 0.1) is 0 Å². The molecule has 0 spiro atoms. The van der Waals surface area contributed by atoms with Crippen molar-refractivity contribution in [3.63, 3.8) is 0 Å². The number of nitrogens with one attached hydrogen (secondary N) is 1. The molecule has 0 saturated heterocycles. The SMILES string of the molecule is COc1cccc(CNn2cnnc2SCc2ccc(Cl)cc2)c1OCc1cccs1. The topological polar surface area (TPSA) is 61.2 Å². The lowest BCUT2D eigenvalue weighted by Crippen LogP contribution is -2.15. The van der Waals surface area contributed by atoms with E-state index in [-0.39, 0.29) is 0 Å². The maximum Gasteiger partial charge on any atom is 0.210 e. The number of para-hydroxylation sites is 1. The summed E-state index contributed by atoms with van der Waals surface area (Å²) in [6.07, 6.45) is 1.66. The number of thiophene rings is 1. The predicted octanol–water partition coefficient (Wildman–Crippen LogP) is 5.62. The number of methoxy groups -OCH3 is 1. The van der Waals surface area contributed by atoms with Crippen molar-refractivity contribution in [2.75, 3.05) is 12.5 Å².